The summed E-state index contributed by atoms with van der Waals surface area (Å²) in [7, 11) is 0. The lowest BCUT2D eigenvalue weighted by Gasteiger charge is -2.14. The van der Waals surface area contributed by atoms with Crippen molar-refractivity contribution >= 4 is 46.2 Å². The molecule has 0 aromatic heterocycles. The van der Waals surface area contributed by atoms with E-state index in [0.717, 1.165) is 17.3 Å². The van der Waals surface area contributed by atoms with Crippen LogP contribution in [0.15, 0.2) is 53.4 Å². The second-order valence-electron chi connectivity index (χ2n) is 6.06. The lowest BCUT2D eigenvalue weighted by atomic mass is 10.1. The highest BCUT2D eigenvalue weighted by Crippen LogP contribution is 2.32. The van der Waals surface area contributed by atoms with Crippen molar-refractivity contribution in [1.29, 1.82) is 0 Å². The molecule has 3 rings (SSSR count). The number of nitrogens with zero attached hydrogens (tertiary/aromatic N) is 1. The second-order valence-corrected chi connectivity index (χ2v) is 7.73. The number of phenols is 1. The van der Waals surface area contributed by atoms with Gasteiger partial charge in [-0.15, -0.1) is 0 Å². The fourth-order valence-electron chi connectivity index (χ4n) is 2.58. The minimum Gasteiger partial charge on any atom is -0.508 e. The highest BCUT2D eigenvalue weighted by molar-refractivity contribution is 8.26. The van der Waals surface area contributed by atoms with Crippen LogP contribution in [0.4, 0.5) is 4.39 Å². The first-order chi connectivity index (χ1) is 13.4. The summed E-state index contributed by atoms with van der Waals surface area (Å²) in [5.74, 6) is -0.987. The maximum atomic E-state index is 13.8. The Bertz CT molecular complexity index is 945. The molecule has 2 aromatic carbocycles. The highest BCUT2D eigenvalue weighted by atomic mass is 32.2. The summed E-state index contributed by atoms with van der Waals surface area (Å²) in [6.45, 7) is 0.207. The average molecular weight is 416 g/mol. The van der Waals surface area contributed by atoms with Gasteiger partial charge in [-0.05, 0) is 36.3 Å². The number of phenolic OH excluding ortho intramolecular Hbond substituents is 1. The van der Waals surface area contributed by atoms with Gasteiger partial charge in [0, 0.05) is 12.1 Å². The molecule has 28 heavy (non-hydrogen) atoms. The molecule has 0 bridgehead atoms. The van der Waals surface area contributed by atoms with Crippen molar-refractivity contribution < 1.29 is 19.1 Å². The Labute approximate surface area is 171 Å². The molecule has 0 atom stereocenters. The lowest BCUT2D eigenvalue weighted by Crippen LogP contribution is -2.40. The molecule has 1 heterocycles. The Morgan fingerprint density at radius 2 is 1.93 bits per heavy atom. The van der Waals surface area contributed by atoms with Crippen LogP contribution in [-0.2, 0) is 16.0 Å². The fraction of sp³-hybridized carbons (Fsp3) is 0.150. The summed E-state index contributed by atoms with van der Waals surface area (Å²) in [6, 6.07) is 12.8. The van der Waals surface area contributed by atoms with Gasteiger partial charge in [0.05, 0.1) is 4.91 Å². The molecule has 0 aliphatic carbocycles. The predicted octanol–water partition coefficient (Wildman–Crippen LogP) is 3.09. The maximum Gasteiger partial charge on any atom is 0.266 e. The lowest BCUT2D eigenvalue weighted by molar-refractivity contribution is -0.128. The Morgan fingerprint density at radius 1 is 1.21 bits per heavy atom. The number of carbonyl (C=O) groups is 2. The molecule has 2 amide bonds. The molecule has 5 nitrogen and oxygen atoms in total. The zero-order valence-corrected chi connectivity index (χ0v) is 16.4. The van der Waals surface area contributed by atoms with Crippen molar-refractivity contribution in [3.05, 3.63) is 70.4 Å². The third-order valence-corrected chi connectivity index (χ3v) is 5.42. The zero-order chi connectivity index (χ0) is 20.1. The summed E-state index contributed by atoms with van der Waals surface area (Å²) in [5, 5.41) is 12.0. The first-order valence-corrected chi connectivity index (χ1v) is 9.71. The van der Waals surface area contributed by atoms with Crippen LogP contribution in [0.2, 0.25) is 0 Å². The van der Waals surface area contributed by atoms with E-state index in [4.69, 9.17) is 12.2 Å². The van der Waals surface area contributed by atoms with Gasteiger partial charge in [0.1, 0.15) is 22.4 Å². The molecule has 8 heteroatoms. The molecule has 1 fully saturated rings. The summed E-state index contributed by atoms with van der Waals surface area (Å²) in [6.07, 6.45) is 2.04. The SMILES string of the molecule is O=C(CN1C(=O)/C(=C/c2ccccc2F)SC1=S)NCCc1ccc(O)cc1. The van der Waals surface area contributed by atoms with Gasteiger partial charge in [-0.2, -0.15) is 0 Å². The Morgan fingerprint density at radius 3 is 2.64 bits per heavy atom. The molecule has 2 N–H and O–H groups in total. The third kappa shape index (κ3) is 4.96. The Hall–Kier alpha value is -2.71. The minimum atomic E-state index is -0.431. The number of aromatic hydroxyl groups is 1. The van der Waals surface area contributed by atoms with Crippen molar-refractivity contribution in [2.24, 2.45) is 0 Å². The van der Waals surface area contributed by atoms with E-state index in [0.29, 0.717) is 18.5 Å². The fourth-order valence-corrected chi connectivity index (χ4v) is 3.82. The van der Waals surface area contributed by atoms with Gasteiger partial charge < -0.3 is 10.4 Å². The molecule has 0 spiro atoms. The number of carbonyl (C=O) groups excluding carboxylic acids is 2. The van der Waals surface area contributed by atoms with Crippen molar-refractivity contribution in [1.82, 2.24) is 10.2 Å². The summed E-state index contributed by atoms with van der Waals surface area (Å²) < 4.78 is 14.1. The first-order valence-electron chi connectivity index (χ1n) is 8.48. The van der Waals surface area contributed by atoms with Crippen molar-refractivity contribution in [3.63, 3.8) is 0 Å². The van der Waals surface area contributed by atoms with Gasteiger partial charge in [0.15, 0.2) is 0 Å². The van der Waals surface area contributed by atoms with E-state index in [2.05, 4.69) is 5.32 Å². The smallest absolute Gasteiger partial charge is 0.266 e. The van der Waals surface area contributed by atoms with Gasteiger partial charge >= 0.3 is 0 Å². The zero-order valence-electron chi connectivity index (χ0n) is 14.7. The number of thiocarbonyl (C=S) groups is 1. The average Bonchev–Trinajstić information content (AvgIpc) is 2.93. The molecular formula is C20H17FN2O3S2. The van der Waals surface area contributed by atoms with Crippen molar-refractivity contribution in [3.8, 4) is 5.75 Å². The standard InChI is InChI=1S/C20H17FN2O3S2/c21-16-4-2-1-3-14(16)11-17-19(26)23(20(27)28-17)12-18(25)22-10-9-13-5-7-15(24)8-6-13/h1-8,11,24H,9-10,12H2,(H,22,25)/b17-11-. The van der Waals surface area contributed by atoms with E-state index in [1.54, 1.807) is 42.5 Å². The molecule has 0 radical (unpaired) electrons. The minimum absolute atomic E-state index is 0.186. The number of rotatable bonds is 6. The normalized spacial score (nSPS) is 15.3. The number of nitrogens with one attached hydrogen (secondary N) is 1. The molecule has 1 saturated heterocycles. The van der Waals surface area contributed by atoms with E-state index >= 15 is 0 Å². The maximum absolute atomic E-state index is 13.8. The number of thioether (sulfide) groups is 1. The van der Waals surface area contributed by atoms with E-state index in [1.807, 2.05) is 0 Å². The van der Waals surface area contributed by atoms with E-state index < -0.39 is 11.7 Å². The second kappa shape index (κ2) is 8.99. The van der Waals surface area contributed by atoms with Crippen LogP contribution >= 0.6 is 24.0 Å². The Kier molecular flexibility index (Phi) is 6.43. The van der Waals surface area contributed by atoms with Crippen LogP contribution in [0.5, 0.6) is 5.75 Å². The van der Waals surface area contributed by atoms with Crippen LogP contribution in [0, 0.1) is 5.82 Å². The van der Waals surface area contributed by atoms with Gasteiger partial charge in [-0.1, -0.05) is 54.3 Å². The molecular weight excluding hydrogens is 399 g/mol. The van der Waals surface area contributed by atoms with Crippen LogP contribution in [0.3, 0.4) is 0 Å². The Balaban J connectivity index is 1.55. The topological polar surface area (TPSA) is 69.6 Å². The number of hydrogen-bond donors (Lipinski definition) is 2. The van der Waals surface area contributed by atoms with E-state index in [-0.39, 0.29) is 27.4 Å². The molecule has 1 aliphatic heterocycles. The van der Waals surface area contributed by atoms with Crippen molar-refractivity contribution in [2.45, 2.75) is 6.42 Å². The molecule has 2 aromatic rings. The van der Waals surface area contributed by atoms with E-state index in [1.165, 1.54) is 17.0 Å². The van der Waals surface area contributed by atoms with Gasteiger partial charge in [-0.3, -0.25) is 14.5 Å². The van der Waals surface area contributed by atoms with Gasteiger partial charge in [-0.25, -0.2) is 4.39 Å². The van der Waals surface area contributed by atoms with E-state index in [9.17, 15) is 19.1 Å². The molecule has 144 valence electrons. The van der Waals surface area contributed by atoms with Gasteiger partial charge in [0.2, 0.25) is 5.91 Å². The van der Waals surface area contributed by atoms with Crippen molar-refractivity contribution in [2.75, 3.05) is 13.1 Å². The van der Waals surface area contributed by atoms with Crippen LogP contribution in [0.25, 0.3) is 6.08 Å². The van der Waals surface area contributed by atoms with Crippen LogP contribution in [0.1, 0.15) is 11.1 Å². The number of hydrogen-bond acceptors (Lipinski definition) is 5. The van der Waals surface area contributed by atoms with Crippen LogP contribution in [-0.4, -0.2) is 39.2 Å². The largest absolute Gasteiger partial charge is 0.508 e. The number of halogens is 1. The predicted molar refractivity (Wildman–Crippen MR) is 111 cm³/mol. The summed E-state index contributed by atoms with van der Waals surface area (Å²) in [4.78, 5) is 26.2. The quantitative estimate of drug-likeness (QED) is 0.560. The van der Waals surface area contributed by atoms with Crippen LogP contribution < -0.4 is 5.32 Å². The molecule has 0 saturated carbocycles. The number of amides is 2. The molecule has 1 aliphatic rings. The number of benzene rings is 2. The first kappa shape index (κ1) is 20.0. The summed E-state index contributed by atoms with van der Waals surface area (Å²) in [5.41, 5.74) is 1.26. The third-order valence-electron chi connectivity index (χ3n) is 4.04. The monoisotopic (exact) mass is 416 g/mol. The highest BCUT2D eigenvalue weighted by Gasteiger charge is 2.33. The summed E-state index contributed by atoms with van der Waals surface area (Å²) >= 11 is 6.24. The van der Waals surface area contributed by atoms with Gasteiger partial charge in [0.25, 0.3) is 5.91 Å². The molecule has 0 unspecified atom stereocenters.